The number of nitrogens with zero attached hydrogens (tertiary/aromatic N) is 1. The second kappa shape index (κ2) is 5.66. The van der Waals surface area contributed by atoms with Crippen molar-refractivity contribution in [3.8, 4) is 0 Å². The Morgan fingerprint density at radius 2 is 2.22 bits per heavy atom. The summed E-state index contributed by atoms with van der Waals surface area (Å²) >= 11 is 0. The van der Waals surface area contributed by atoms with Crippen molar-refractivity contribution in [3.63, 3.8) is 0 Å². The number of hydrogen-bond donors (Lipinski definition) is 3. The molecule has 1 atom stereocenters. The molecule has 0 aliphatic carbocycles. The summed E-state index contributed by atoms with van der Waals surface area (Å²) in [7, 11) is 0. The summed E-state index contributed by atoms with van der Waals surface area (Å²) in [5, 5.41) is 13.2. The van der Waals surface area contributed by atoms with E-state index in [1.54, 1.807) is 13.1 Å². The Kier molecular flexibility index (Phi) is 3.96. The van der Waals surface area contributed by atoms with Gasteiger partial charge in [0.05, 0.1) is 29.7 Å². The van der Waals surface area contributed by atoms with Crippen molar-refractivity contribution in [1.29, 1.82) is 0 Å². The predicted octanol–water partition coefficient (Wildman–Crippen LogP) is 1.58. The molecule has 1 unspecified atom stereocenters. The lowest BCUT2D eigenvalue weighted by atomic mass is 10.1. The molecule has 0 bridgehead atoms. The Morgan fingerprint density at radius 1 is 1.44 bits per heavy atom. The van der Waals surface area contributed by atoms with Gasteiger partial charge in [0.2, 0.25) is 0 Å². The number of nitrogen functional groups attached to an aromatic ring is 1. The molecule has 5 heteroatoms. The molecule has 0 radical (unpaired) electrons. The van der Waals surface area contributed by atoms with Crippen molar-refractivity contribution in [2.24, 2.45) is 0 Å². The molecule has 0 amide bonds. The van der Waals surface area contributed by atoms with Gasteiger partial charge in [0.1, 0.15) is 0 Å². The minimum absolute atomic E-state index is 0.410. The van der Waals surface area contributed by atoms with Gasteiger partial charge in [0.25, 0.3) is 0 Å². The molecule has 2 aromatic rings. The minimum atomic E-state index is -0.752. The van der Waals surface area contributed by atoms with Crippen LogP contribution in [0.1, 0.15) is 6.92 Å². The normalized spacial score (nSPS) is 12.6. The van der Waals surface area contributed by atoms with E-state index in [2.05, 4.69) is 10.3 Å². The molecule has 1 aromatic heterocycles. The fraction of sp³-hybridized carbons (Fsp3) is 0.308. The molecule has 2 rings (SSSR count). The zero-order valence-corrected chi connectivity index (χ0v) is 10.3. The summed E-state index contributed by atoms with van der Waals surface area (Å²) in [5.41, 5.74) is 8.27. The van der Waals surface area contributed by atoms with Crippen molar-refractivity contribution < 1.29 is 9.84 Å². The Balaban J connectivity index is 2.14. The highest BCUT2D eigenvalue weighted by molar-refractivity contribution is 5.96. The van der Waals surface area contributed by atoms with Crippen LogP contribution in [0.4, 0.5) is 11.4 Å². The number of anilines is 2. The molecular formula is C13H17N3O2. The van der Waals surface area contributed by atoms with Crippen LogP contribution in [0.5, 0.6) is 0 Å². The number of aliphatic hydroxyl groups is 1. The van der Waals surface area contributed by atoms with Crippen LogP contribution in [-0.4, -0.2) is 29.5 Å². The molecule has 1 aromatic carbocycles. The molecule has 0 aliphatic heterocycles. The molecule has 5 nitrogen and oxygen atoms in total. The first kappa shape index (κ1) is 12.6. The first-order chi connectivity index (χ1) is 8.68. The lowest BCUT2D eigenvalue weighted by molar-refractivity contribution is -0.0811. The van der Waals surface area contributed by atoms with Gasteiger partial charge >= 0.3 is 0 Å². The molecule has 0 fully saturated rings. The molecule has 4 N–H and O–H groups in total. The van der Waals surface area contributed by atoms with Crippen LogP contribution in [-0.2, 0) is 4.74 Å². The summed E-state index contributed by atoms with van der Waals surface area (Å²) in [5.74, 6) is 0. The van der Waals surface area contributed by atoms with Crippen LogP contribution in [0.25, 0.3) is 10.9 Å². The van der Waals surface area contributed by atoms with Crippen LogP contribution < -0.4 is 11.1 Å². The maximum atomic E-state index is 8.99. The van der Waals surface area contributed by atoms with Gasteiger partial charge < -0.3 is 20.9 Å². The number of nitrogens with two attached hydrogens (primary N) is 1. The van der Waals surface area contributed by atoms with Crippen LogP contribution in [0, 0.1) is 0 Å². The quantitative estimate of drug-likeness (QED) is 0.552. The number of benzene rings is 1. The second-order valence-electron chi connectivity index (χ2n) is 4.00. The lowest BCUT2D eigenvalue weighted by Crippen LogP contribution is -2.15. The number of pyridine rings is 1. The first-order valence-electron chi connectivity index (χ1n) is 5.85. The van der Waals surface area contributed by atoms with Crippen molar-refractivity contribution in [2.45, 2.75) is 13.2 Å². The van der Waals surface area contributed by atoms with Crippen LogP contribution >= 0.6 is 0 Å². The number of aliphatic hydroxyl groups excluding tert-OH is 1. The molecule has 1 heterocycles. The van der Waals surface area contributed by atoms with Gasteiger partial charge in [-0.2, -0.15) is 0 Å². The molecule has 96 valence electrons. The predicted molar refractivity (Wildman–Crippen MR) is 72.3 cm³/mol. The largest absolute Gasteiger partial charge is 0.396 e. The van der Waals surface area contributed by atoms with Crippen molar-refractivity contribution in [3.05, 3.63) is 30.5 Å². The molecule has 0 saturated carbocycles. The van der Waals surface area contributed by atoms with E-state index in [1.807, 2.05) is 24.3 Å². The van der Waals surface area contributed by atoms with E-state index < -0.39 is 6.29 Å². The fourth-order valence-corrected chi connectivity index (χ4v) is 1.76. The van der Waals surface area contributed by atoms with E-state index in [0.717, 1.165) is 16.6 Å². The zero-order valence-electron chi connectivity index (χ0n) is 10.3. The number of fused-ring (bicyclic) bond motifs is 1. The summed E-state index contributed by atoms with van der Waals surface area (Å²) in [6, 6.07) is 7.79. The van der Waals surface area contributed by atoms with Gasteiger partial charge in [0.15, 0.2) is 6.29 Å². The van der Waals surface area contributed by atoms with Gasteiger partial charge in [-0.05, 0) is 13.0 Å². The average molecular weight is 247 g/mol. The van der Waals surface area contributed by atoms with Gasteiger partial charge in [-0.1, -0.05) is 18.2 Å². The number of nitrogens with one attached hydrogen (secondary N) is 1. The van der Waals surface area contributed by atoms with E-state index >= 15 is 0 Å². The third-order valence-electron chi connectivity index (χ3n) is 2.57. The van der Waals surface area contributed by atoms with Gasteiger partial charge in [0, 0.05) is 11.9 Å². The Morgan fingerprint density at radius 3 is 3.00 bits per heavy atom. The number of hydrogen-bond acceptors (Lipinski definition) is 5. The standard InChI is InChI=1S/C13H17N3O2/c1-9(17)18-7-6-15-13-10-4-2-3-5-12(10)16-8-11(13)14/h2-5,8-9,17H,6-7,14H2,1H3,(H,15,16). The van der Waals surface area contributed by atoms with E-state index in [0.29, 0.717) is 18.8 Å². The third kappa shape index (κ3) is 2.88. The van der Waals surface area contributed by atoms with Crippen molar-refractivity contribution in [2.75, 3.05) is 24.2 Å². The summed E-state index contributed by atoms with van der Waals surface area (Å²) in [6.07, 6.45) is 0.888. The zero-order chi connectivity index (χ0) is 13.0. The van der Waals surface area contributed by atoms with E-state index in [1.165, 1.54) is 0 Å². The highest BCUT2D eigenvalue weighted by Gasteiger charge is 2.05. The number of ether oxygens (including phenoxy) is 1. The molecule has 0 aliphatic rings. The Bertz CT molecular complexity index is 529. The number of aromatic nitrogens is 1. The first-order valence-corrected chi connectivity index (χ1v) is 5.85. The number of para-hydroxylation sites is 1. The van der Waals surface area contributed by atoms with Crippen LogP contribution in [0.15, 0.2) is 30.5 Å². The molecular weight excluding hydrogens is 230 g/mol. The van der Waals surface area contributed by atoms with E-state index in [-0.39, 0.29) is 0 Å². The highest BCUT2D eigenvalue weighted by atomic mass is 16.6. The summed E-state index contributed by atoms with van der Waals surface area (Å²) < 4.78 is 5.05. The topological polar surface area (TPSA) is 80.4 Å². The van der Waals surface area contributed by atoms with Gasteiger partial charge in [-0.3, -0.25) is 4.98 Å². The number of rotatable bonds is 5. The summed E-state index contributed by atoms with van der Waals surface area (Å²) in [4.78, 5) is 4.26. The van der Waals surface area contributed by atoms with E-state index in [4.69, 9.17) is 15.6 Å². The summed E-state index contributed by atoms with van der Waals surface area (Å²) in [6.45, 7) is 2.56. The van der Waals surface area contributed by atoms with E-state index in [9.17, 15) is 0 Å². The van der Waals surface area contributed by atoms with Crippen LogP contribution in [0.2, 0.25) is 0 Å². The van der Waals surface area contributed by atoms with Crippen molar-refractivity contribution in [1.82, 2.24) is 4.98 Å². The maximum Gasteiger partial charge on any atom is 0.151 e. The minimum Gasteiger partial charge on any atom is -0.396 e. The maximum absolute atomic E-state index is 8.99. The lowest BCUT2D eigenvalue weighted by Gasteiger charge is -2.13. The highest BCUT2D eigenvalue weighted by Crippen LogP contribution is 2.27. The smallest absolute Gasteiger partial charge is 0.151 e. The molecule has 0 spiro atoms. The average Bonchev–Trinajstić information content (AvgIpc) is 2.36. The Hall–Kier alpha value is -1.85. The van der Waals surface area contributed by atoms with Crippen LogP contribution in [0.3, 0.4) is 0 Å². The second-order valence-corrected chi connectivity index (χ2v) is 4.00. The SMILES string of the molecule is CC(O)OCCNc1c(N)cnc2ccccc12. The fourth-order valence-electron chi connectivity index (χ4n) is 1.76. The van der Waals surface area contributed by atoms with Gasteiger partial charge in [-0.15, -0.1) is 0 Å². The monoisotopic (exact) mass is 247 g/mol. The van der Waals surface area contributed by atoms with Crippen molar-refractivity contribution >= 4 is 22.3 Å². The third-order valence-corrected chi connectivity index (χ3v) is 2.57. The Labute approximate surface area is 106 Å². The van der Waals surface area contributed by atoms with Gasteiger partial charge in [-0.25, -0.2) is 0 Å². The molecule has 0 saturated heterocycles. The molecule has 18 heavy (non-hydrogen) atoms.